The largest absolute Gasteiger partial charge is 0.227 e. The molecule has 0 saturated heterocycles. The summed E-state index contributed by atoms with van der Waals surface area (Å²) in [4.78, 5) is 23.1. The molecule has 12 aromatic rings. The van der Waals surface area contributed by atoms with Crippen LogP contribution in [0.25, 0.3) is 119 Å². The molecule has 0 radical (unpaired) electrons. The van der Waals surface area contributed by atoms with Crippen molar-refractivity contribution in [1.29, 1.82) is 0 Å². The number of aromatic nitrogens is 4. The molecular formula is C56H34N4S2. The molecule has 4 aromatic heterocycles. The normalized spacial score (nSPS) is 11.5. The van der Waals surface area contributed by atoms with E-state index < -0.39 is 0 Å². The minimum atomic E-state index is 0.703. The average molecular weight is 827 g/mol. The van der Waals surface area contributed by atoms with Crippen molar-refractivity contribution >= 4 is 63.3 Å². The van der Waals surface area contributed by atoms with E-state index in [4.69, 9.17) is 19.9 Å². The molecule has 0 bridgehead atoms. The highest BCUT2D eigenvalue weighted by Gasteiger charge is 2.20. The molecule has 62 heavy (non-hydrogen) atoms. The van der Waals surface area contributed by atoms with Crippen LogP contribution >= 0.6 is 22.7 Å². The van der Waals surface area contributed by atoms with Gasteiger partial charge in [-0.2, -0.15) is 0 Å². The number of benzene rings is 8. The Labute approximate surface area is 366 Å². The van der Waals surface area contributed by atoms with Gasteiger partial charge in [0, 0.05) is 53.2 Å². The van der Waals surface area contributed by atoms with Gasteiger partial charge < -0.3 is 0 Å². The Hall–Kier alpha value is -7.64. The molecule has 0 spiro atoms. The van der Waals surface area contributed by atoms with E-state index >= 15 is 0 Å². The number of hydrogen-bond donors (Lipinski definition) is 0. The van der Waals surface area contributed by atoms with Crippen molar-refractivity contribution in [2.75, 3.05) is 0 Å². The highest BCUT2D eigenvalue weighted by molar-refractivity contribution is 7.26. The van der Waals surface area contributed by atoms with E-state index in [2.05, 4.69) is 200 Å². The first-order chi connectivity index (χ1) is 30.7. The molecule has 0 N–H and O–H groups in total. The monoisotopic (exact) mass is 826 g/mol. The quantitative estimate of drug-likeness (QED) is 0.161. The molecule has 0 aliphatic carbocycles. The summed E-state index contributed by atoms with van der Waals surface area (Å²) < 4.78 is 2.40. The van der Waals surface area contributed by atoms with Gasteiger partial charge in [-0.3, -0.25) is 0 Å². The van der Waals surface area contributed by atoms with Gasteiger partial charge in [-0.25, -0.2) is 19.9 Å². The third-order valence-electron chi connectivity index (χ3n) is 11.6. The van der Waals surface area contributed by atoms with Crippen LogP contribution in [0.15, 0.2) is 206 Å². The second-order valence-corrected chi connectivity index (χ2v) is 17.5. The first kappa shape index (κ1) is 36.2. The Bertz CT molecular complexity index is 3610. The summed E-state index contributed by atoms with van der Waals surface area (Å²) in [5, 5.41) is 4.52. The number of fused-ring (bicyclic) bond motifs is 6. The van der Waals surface area contributed by atoms with Gasteiger partial charge in [0.1, 0.15) is 9.66 Å². The van der Waals surface area contributed by atoms with Crippen molar-refractivity contribution < 1.29 is 0 Å². The topological polar surface area (TPSA) is 51.6 Å². The van der Waals surface area contributed by atoms with Crippen molar-refractivity contribution in [3.05, 3.63) is 206 Å². The first-order valence-corrected chi connectivity index (χ1v) is 22.2. The summed E-state index contributed by atoms with van der Waals surface area (Å²) in [5.41, 5.74) is 12.8. The molecule has 0 fully saturated rings. The van der Waals surface area contributed by atoms with E-state index in [1.807, 2.05) is 6.07 Å². The second-order valence-electron chi connectivity index (χ2n) is 15.4. The van der Waals surface area contributed by atoms with Crippen LogP contribution in [-0.2, 0) is 0 Å². The minimum Gasteiger partial charge on any atom is -0.227 e. The van der Waals surface area contributed by atoms with Crippen molar-refractivity contribution in [2.24, 2.45) is 0 Å². The van der Waals surface area contributed by atoms with Crippen LogP contribution in [-0.4, -0.2) is 19.9 Å². The SMILES string of the molecule is c1ccc(-c2ccc(-c3nc(-c4cccc(-c5cccc(-c6nc(-c7ccc(-c8ccccc8)cc7)c7c(n6)sc6ccccc67)c5)c4)c4c(n3)sc3ccccc34)cc2)cc1. The maximum Gasteiger partial charge on any atom is 0.161 e. The lowest BCUT2D eigenvalue weighted by Gasteiger charge is -2.11. The van der Waals surface area contributed by atoms with Crippen LogP contribution in [0.1, 0.15) is 0 Å². The average Bonchev–Trinajstić information content (AvgIpc) is 3.93. The van der Waals surface area contributed by atoms with Crippen molar-refractivity contribution in [1.82, 2.24) is 19.9 Å². The molecule has 4 heterocycles. The Kier molecular flexibility index (Phi) is 8.84. The van der Waals surface area contributed by atoms with Crippen LogP contribution in [0.2, 0.25) is 0 Å². The number of nitrogens with zero attached hydrogens (tertiary/aromatic N) is 4. The predicted octanol–water partition coefficient (Wildman–Crippen LogP) is 15.7. The second kappa shape index (κ2) is 15.1. The van der Waals surface area contributed by atoms with Crippen LogP contribution in [0, 0.1) is 0 Å². The van der Waals surface area contributed by atoms with Gasteiger partial charge in [0.2, 0.25) is 0 Å². The first-order valence-electron chi connectivity index (χ1n) is 20.6. The minimum absolute atomic E-state index is 0.703. The lowest BCUT2D eigenvalue weighted by molar-refractivity contribution is 1.24. The van der Waals surface area contributed by atoms with E-state index in [-0.39, 0.29) is 0 Å². The van der Waals surface area contributed by atoms with Crippen LogP contribution < -0.4 is 0 Å². The molecule has 0 unspecified atom stereocenters. The zero-order valence-corrected chi connectivity index (χ0v) is 34.9. The molecule has 6 heteroatoms. The summed E-state index contributed by atoms with van der Waals surface area (Å²) >= 11 is 3.43. The van der Waals surface area contributed by atoms with Crippen molar-refractivity contribution in [3.8, 4) is 78.7 Å². The Morgan fingerprint density at radius 1 is 0.258 bits per heavy atom. The summed E-state index contributed by atoms with van der Waals surface area (Å²) in [5.74, 6) is 1.42. The summed E-state index contributed by atoms with van der Waals surface area (Å²) in [6.45, 7) is 0. The number of thiophene rings is 2. The van der Waals surface area contributed by atoms with Crippen molar-refractivity contribution in [3.63, 3.8) is 0 Å². The van der Waals surface area contributed by atoms with E-state index in [0.29, 0.717) is 11.6 Å². The Balaban J connectivity index is 0.957. The molecule has 0 aliphatic heterocycles. The van der Waals surface area contributed by atoms with Crippen LogP contribution in [0.5, 0.6) is 0 Å². The van der Waals surface area contributed by atoms with Gasteiger partial charge in [-0.1, -0.05) is 182 Å². The fourth-order valence-corrected chi connectivity index (χ4v) is 10.7. The third kappa shape index (κ3) is 6.45. The fourth-order valence-electron chi connectivity index (χ4n) is 8.50. The lowest BCUT2D eigenvalue weighted by Crippen LogP contribution is -1.95. The van der Waals surface area contributed by atoms with Crippen LogP contribution in [0.3, 0.4) is 0 Å². The number of hydrogen-bond acceptors (Lipinski definition) is 6. The number of rotatable bonds is 7. The third-order valence-corrected chi connectivity index (χ3v) is 13.7. The molecule has 0 atom stereocenters. The molecule has 290 valence electrons. The van der Waals surface area contributed by atoms with Gasteiger partial charge in [0.05, 0.1) is 11.4 Å². The molecule has 4 nitrogen and oxygen atoms in total. The Morgan fingerprint density at radius 2 is 0.629 bits per heavy atom. The maximum absolute atomic E-state index is 5.36. The van der Waals surface area contributed by atoms with E-state index in [1.54, 1.807) is 22.7 Å². The molecule has 0 amide bonds. The zero-order valence-electron chi connectivity index (χ0n) is 33.2. The Morgan fingerprint density at radius 3 is 1.18 bits per heavy atom. The van der Waals surface area contributed by atoms with E-state index in [1.165, 1.54) is 36.9 Å². The van der Waals surface area contributed by atoms with Gasteiger partial charge in [0.25, 0.3) is 0 Å². The maximum atomic E-state index is 5.36. The molecule has 8 aromatic carbocycles. The molecule has 12 rings (SSSR count). The predicted molar refractivity (Wildman–Crippen MR) is 261 cm³/mol. The standard InChI is InChI=1S/C56H34N4S2/c1-3-13-35(14-4-1)37-25-29-39(30-26-37)51-49-45-21-7-9-23-47(45)61-55(49)60-54(57-51)44-20-12-18-42(34-44)41-17-11-19-43(33-41)52-50-46-22-8-10-24-48(46)62-56(50)59-53(58-52)40-31-27-38(28-32-40)36-15-5-2-6-16-36/h1-34H. The van der Waals surface area contributed by atoms with Gasteiger partial charge in [-0.15, -0.1) is 22.7 Å². The zero-order chi connectivity index (χ0) is 41.0. The van der Waals surface area contributed by atoms with E-state index in [9.17, 15) is 0 Å². The van der Waals surface area contributed by atoms with E-state index in [0.717, 1.165) is 70.8 Å². The van der Waals surface area contributed by atoms with Gasteiger partial charge in [-0.05, 0) is 57.6 Å². The summed E-state index contributed by atoms with van der Waals surface area (Å²) in [6, 6.07) is 72.7. The van der Waals surface area contributed by atoms with Crippen molar-refractivity contribution in [2.45, 2.75) is 0 Å². The lowest BCUT2D eigenvalue weighted by atomic mass is 9.98. The molecule has 0 saturated carbocycles. The summed E-state index contributed by atoms with van der Waals surface area (Å²) in [6.07, 6.45) is 0. The molecule has 0 aliphatic rings. The molecular weight excluding hydrogens is 793 g/mol. The summed E-state index contributed by atoms with van der Waals surface area (Å²) in [7, 11) is 0. The van der Waals surface area contributed by atoms with Crippen LogP contribution in [0.4, 0.5) is 0 Å². The highest BCUT2D eigenvalue weighted by atomic mass is 32.1. The van der Waals surface area contributed by atoms with Gasteiger partial charge >= 0.3 is 0 Å². The van der Waals surface area contributed by atoms with Gasteiger partial charge in [0.15, 0.2) is 11.6 Å². The smallest absolute Gasteiger partial charge is 0.161 e. The highest BCUT2D eigenvalue weighted by Crippen LogP contribution is 2.42. The fraction of sp³-hybridized carbons (Fsp3) is 0.